The summed E-state index contributed by atoms with van der Waals surface area (Å²) < 4.78 is 66.5. The fourth-order valence-electron chi connectivity index (χ4n) is 5.98. The van der Waals surface area contributed by atoms with Crippen molar-refractivity contribution >= 4 is 45.8 Å². The van der Waals surface area contributed by atoms with Gasteiger partial charge in [0.1, 0.15) is 22.9 Å². The van der Waals surface area contributed by atoms with E-state index in [0.717, 1.165) is 29.0 Å². The zero-order chi connectivity index (χ0) is 42.5. The molecule has 10 rings (SSSR count). The first-order valence-corrected chi connectivity index (χ1v) is 19.4. The molecule has 0 spiro atoms. The summed E-state index contributed by atoms with van der Waals surface area (Å²) in [6.07, 6.45) is 6.76. The van der Waals surface area contributed by atoms with Crippen molar-refractivity contribution in [3.63, 3.8) is 0 Å². The van der Waals surface area contributed by atoms with Gasteiger partial charge in [-0.3, -0.25) is 4.98 Å². The Bertz CT molecular complexity index is 3010. The number of halogens is 7. The first-order valence-electron chi connectivity index (χ1n) is 18.1. The van der Waals surface area contributed by atoms with E-state index in [9.17, 15) is 17.6 Å². The summed E-state index contributed by atoms with van der Waals surface area (Å²) in [5.74, 6) is -1.59. The number of hydrogen-bond donors (Lipinski definition) is 1. The number of hydrogen-bond acceptors (Lipinski definition) is 8. The summed E-state index contributed by atoms with van der Waals surface area (Å²) in [4.78, 5) is 19.7. The monoisotopic (exact) mass is 880 g/mol. The van der Waals surface area contributed by atoms with E-state index in [-0.39, 0.29) is 17.0 Å². The van der Waals surface area contributed by atoms with Crippen LogP contribution in [0.5, 0.6) is 0 Å². The molecule has 10 nitrogen and oxygen atoms in total. The normalized spacial score (nSPS) is 11.0. The lowest BCUT2D eigenvalue weighted by Gasteiger charge is -2.04. The summed E-state index contributed by atoms with van der Waals surface area (Å²) in [6, 6.07) is 29.8. The van der Waals surface area contributed by atoms with Gasteiger partial charge in [-0.1, -0.05) is 69.9 Å². The highest BCUT2D eigenvalue weighted by Crippen LogP contribution is 2.29. The molecular formula is C44H27Cl3F4N8O2. The lowest BCUT2D eigenvalue weighted by Crippen LogP contribution is -1.99. The van der Waals surface area contributed by atoms with Gasteiger partial charge >= 0.3 is 0 Å². The Balaban J connectivity index is 0.000000140. The first-order chi connectivity index (χ1) is 29.6. The van der Waals surface area contributed by atoms with Gasteiger partial charge in [0.15, 0.2) is 40.6 Å². The van der Waals surface area contributed by atoms with Crippen LogP contribution in [0.25, 0.3) is 67.7 Å². The van der Waals surface area contributed by atoms with Crippen molar-refractivity contribution in [3.8, 4) is 56.7 Å². The Kier molecular flexibility index (Phi) is 12.2. The average molecular weight is 882 g/mol. The van der Waals surface area contributed by atoms with Gasteiger partial charge in [0.25, 0.3) is 0 Å². The lowest BCUT2D eigenvalue weighted by molar-refractivity contribution is 0.378. The number of benzene rings is 4. The smallest absolute Gasteiger partial charge is 0.169 e. The summed E-state index contributed by atoms with van der Waals surface area (Å²) in [5, 5.41) is 9.34. The van der Waals surface area contributed by atoms with E-state index in [2.05, 4.69) is 35.2 Å². The maximum absolute atomic E-state index is 14.1. The zero-order valence-electron chi connectivity index (χ0n) is 31.2. The van der Waals surface area contributed by atoms with Crippen LogP contribution in [0.4, 0.5) is 17.6 Å². The molecule has 2 aliphatic rings. The van der Waals surface area contributed by atoms with Crippen molar-refractivity contribution in [1.82, 2.24) is 39.8 Å². The number of aromatic amines is 1. The molecule has 0 saturated heterocycles. The molecule has 4 aromatic carbocycles. The summed E-state index contributed by atoms with van der Waals surface area (Å²) >= 11 is 17.3. The molecular weight excluding hydrogens is 855 g/mol. The second-order valence-corrected chi connectivity index (χ2v) is 14.3. The zero-order valence-corrected chi connectivity index (χ0v) is 33.5. The topological polar surface area (TPSA) is 124 Å². The Hall–Kier alpha value is -6.87. The highest BCUT2D eigenvalue weighted by atomic mass is 35.5. The minimum atomic E-state index is -0.961. The third kappa shape index (κ3) is 9.47. The van der Waals surface area contributed by atoms with Crippen LogP contribution in [0.2, 0.25) is 10.0 Å². The molecule has 17 heteroatoms. The standard InChI is InChI=1S/C22H13ClF2N4O.C12H7F2N3.C10H7Cl2NO/c23-14-6-4-13(5-7-14)19-10-15(30-28-19)11-29-9-8-18-20(12-29)27-22(26-18)16-2-1-3-17(24)21(16)25;13-8-3-1-2-7(11(8)14)12-16-9-4-5-15-6-10(9)17-12;11-6-9-5-10(13-14-9)7-1-3-8(12)4-2-7/h1-10,12H,11H2;1-6H,(H,16,17);1-5H,6H2. The molecule has 0 atom stereocenters. The first kappa shape index (κ1) is 40.9. The molecule has 4 aromatic heterocycles. The van der Waals surface area contributed by atoms with Crippen LogP contribution in [0.1, 0.15) is 11.5 Å². The quantitative estimate of drug-likeness (QED) is 0.124. The van der Waals surface area contributed by atoms with E-state index < -0.39 is 23.3 Å². The maximum Gasteiger partial charge on any atom is 0.169 e. The number of imidazole rings is 2. The van der Waals surface area contributed by atoms with Crippen LogP contribution in [0.15, 0.2) is 143 Å². The Labute approximate surface area is 358 Å². The van der Waals surface area contributed by atoms with Gasteiger partial charge in [0.2, 0.25) is 0 Å². The average Bonchev–Trinajstić information content (AvgIpc) is 4.11. The number of rotatable bonds is 7. The van der Waals surface area contributed by atoms with E-state index in [0.29, 0.717) is 67.9 Å². The molecule has 0 fully saturated rings. The third-order valence-corrected chi connectivity index (χ3v) is 9.75. The van der Waals surface area contributed by atoms with Crippen molar-refractivity contribution < 1.29 is 26.6 Å². The van der Waals surface area contributed by atoms with Gasteiger partial charge in [-0.15, -0.1) is 11.6 Å². The van der Waals surface area contributed by atoms with E-state index >= 15 is 0 Å². The molecule has 8 aromatic rings. The fraction of sp³-hybridized carbons (Fsp3) is 0.0455. The fourth-order valence-corrected chi connectivity index (χ4v) is 6.35. The summed E-state index contributed by atoms with van der Waals surface area (Å²) in [6.45, 7) is 0.424. The third-order valence-electron chi connectivity index (χ3n) is 8.98. The molecule has 61 heavy (non-hydrogen) atoms. The number of aromatic nitrogens is 8. The van der Waals surface area contributed by atoms with Crippen LogP contribution >= 0.6 is 34.8 Å². The SMILES string of the molecule is ClCc1cc(-c2ccc(Cl)cc2)no1.Fc1cccc(-c2nc3ccn(Cc4cc(-c5ccc(Cl)cc5)no4)cc-3n2)c1F.Fc1cccc(-c2nc3ccncc3[nH]2)c1F. The number of nitrogens with one attached hydrogen (secondary N) is 1. The maximum atomic E-state index is 14.1. The molecule has 0 unspecified atom stereocenters. The van der Waals surface area contributed by atoms with Crippen molar-refractivity contribution in [2.24, 2.45) is 0 Å². The van der Waals surface area contributed by atoms with Crippen LogP contribution in [0, 0.1) is 23.3 Å². The highest BCUT2D eigenvalue weighted by molar-refractivity contribution is 6.30. The summed E-state index contributed by atoms with van der Waals surface area (Å²) in [7, 11) is 0. The Morgan fingerprint density at radius 1 is 0.623 bits per heavy atom. The molecule has 304 valence electrons. The van der Waals surface area contributed by atoms with Gasteiger partial charge in [0.05, 0.1) is 46.5 Å². The predicted molar refractivity (Wildman–Crippen MR) is 224 cm³/mol. The lowest BCUT2D eigenvalue weighted by atomic mass is 10.1. The number of nitrogens with zero attached hydrogens (tertiary/aromatic N) is 7. The van der Waals surface area contributed by atoms with Crippen LogP contribution < -0.4 is 0 Å². The van der Waals surface area contributed by atoms with Gasteiger partial charge in [-0.25, -0.2) is 32.5 Å². The van der Waals surface area contributed by atoms with Gasteiger partial charge < -0.3 is 18.6 Å². The second kappa shape index (κ2) is 18.2. The number of pyridine rings is 2. The molecule has 2 aliphatic heterocycles. The van der Waals surface area contributed by atoms with Crippen molar-refractivity contribution in [3.05, 3.63) is 179 Å². The molecule has 6 heterocycles. The largest absolute Gasteiger partial charge is 0.359 e. The molecule has 0 radical (unpaired) electrons. The second-order valence-electron chi connectivity index (χ2n) is 13.1. The van der Waals surface area contributed by atoms with Gasteiger partial charge in [-0.05, 0) is 60.7 Å². The van der Waals surface area contributed by atoms with Crippen molar-refractivity contribution in [1.29, 1.82) is 0 Å². The Morgan fingerprint density at radius 2 is 1.21 bits per heavy atom. The van der Waals surface area contributed by atoms with Gasteiger partial charge in [-0.2, -0.15) is 0 Å². The predicted octanol–water partition coefficient (Wildman–Crippen LogP) is 12.3. The van der Waals surface area contributed by atoms with Crippen molar-refractivity contribution in [2.45, 2.75) is 12.4 Å². The molecule has 0 amide bonds. The summed E-state index contributed by atoms with van der Waals surface area (Å²) in [5.41, 5.74) is 6.00. The molecule has 0 saturated carbocycles. The van der Waals surface area contributed by atoms with Crippen LogP contribution in [-0.2, 0) is 12.4 Å². The van der Waals surface area contributed by atoms with E-state index in [1.54, 1.807) is 42.9 Å². The minimum absolute atomic E-state index is 0.0283. The number of H-pyrrole nitrogens is 1. The Morgan fingerprint density at radius 3 is 1.84 bits per heavy atom. The van der Waals surface area contributed by atoms with Crippen molar-refractivity contribution in [2.75, 3.05) is 0 Å². The molecule has 1 N–H and O–H groups in total. The minimum Gasteiger partial charge on any atom is -0.359 e. The number of alkyl halides is 1. The van der Waals surface area contributed by atoms with E-state index in [4.69, 9.17) is 43.8 Å². The van der Waals surface area contributed by atoms with Crippen LogP contribution in [-0.4, -0.2) is 39.8 Å². The van der Waals surface area contributed by atoms with E-state index in [1.807, 2.05) is 59.3 Å². The molecule has 0 bridgehead atoms. The number of fused-ring (bicyclic) bond motifs is 2. The highest BCUT2D eigenvalue weighted by Gasteiger charge is 2.18. The van der Waals surface area contributed by atoms with Gasteiger partial charge in [0, 0.05) is 51.9 Å². The van der Waals surface area contributed by atoms with E-state index in [1.165, 1.54) is 24.3 Å². The van der Waals surface area contributed by atoms with Crippen LogP contribution in [0.3, 0.4) is 0 Å². The molecule has 0 aliphatic carbocycles.